The standard InChI is InChI=1S/C45H79N5O12/c1-12-28(6)39(49(9)45(60)37(26(2)3)47-44(59)38(27(4)5)48(8)23-33(53)40(56)41(57)34(54)25-52)35(61-10)22-36(55)50-20-16-19-32(50)42(62-11)29(7)43(58)46-31(24-51)21-30-17-14-13-15-18-30/h13-15,17-18,26-29,31-35,37-42,51-54,56-57H,12,16,19-25H2,1-11H3,(H,46,58)(H,47,59). The maximum atomic E-state index is 14.5. The van der Waals surface area contributed by atoms with Crippen molar-refractivity contribution in [2.45, 2.75) is 147 Å². The number of carbonyl (C=O) groups is 4. The van der Waals surface area contributed by atoms with Crippen molar-refractivity contribution in [3.8, 4) is 0 Å². The highest BCUT2D eigenvalue weighted by molar-refractivity contribution is 5.90. The normalized spacial score (nSPS) is 20.4. The van der Waals surface area contributed by atoms with E-state index < -0.39 is 85.3 Å². The second-order valence-corrected chi connectivity index (χ2v) is 17.8. The summed E-state index contributed by atoms with van der Waals surface area (Å²) in [6.07, 6.45) is -5.88. The molecule has 0 aliphatic carbocycles. The lowest BCUT2D eigenvalue weighted by Gasteiger charge is -2.41. The van der Waals surface area contributed by atoms with Crippen molar-refractivity contribution in [1.82, 2.24) is 25.3 Å². The molecule has 0 radical (unpaired) electrons. The van der Waals surface area contributed by atoms with Gasteiger partial charge in [-0.3, -0.25) is 24.1 Å². The maximum absolute atomic E-state index is 14.5. The number of hydrogen-bond donors (Lipinski definition) is 8. The van der Waals surface area contributed by atoms with Gasteiger partial charge >= 0.3 is 0 Å². The molecule has 0 aromatic heterocycles. The van der Waals surface area contributed by atoms with Crippen molar-refractivity contribution in [2.24, 2.45) is 23.7 Å². The van der Waals surface area contributed by atoms with E-state index in [1.54, 1.807) is 44.7 Å². The van der Waals surface area contributed by atoms with Crippen molar-refractivity contribution in [3.05, 3.63) is 35.9 Å². The predicted molar refractivity (Wildman–Crippen MR) is 234 cm³/mol. The molecule has 1 aliphatic heterocycles. The number of methoxy groups -OCH3 is 2. The van der Waals surface area contributed by atoms with E-state index >= 15 is 0 Å². The summed E-state index contributed by atoms with van der Waals surface area (Å²) in [5, 5.41) is 66.0. The summed E-state index contributed by atoms with van der Waals surface area (Å²) < 4.78 is 11.9. The third kappa shape index (κ3) is 14.9. The Bertz CT molecular complexity index is 1510. The Morgan fingerprint density at radius 2 is 1.45 bits per heavy atom. The summed E-state index contributed by atoms with van der Waals surface area (Å²) in [5.74, 6) is -2.85. The first kappa shape index (κ1) is 54.9. The van der Waals surface area contributed by atoms with Crippen LogP contribution in [0.1, 0.15) is 79.7 Å². The summed E-state index contributed by atoms with van der Waals surface area (Å²) in [6.45, 7) is 12.0. The van der Waals surface area contributed by atoms with E-state index in [-0.39, 0.29) is 55.0 Å². The van der Waals surface area contributed by atoms with Crippen LogP contribution in [-0.4, -0.2) is 190 Å². The van der Waals surface area contributed by atoms with Crippen LogP contribution in [-0.2, 0) is 35.1 Å². The third-order valence-corrected chi connectivity index (χ3v) is 12.6. The Morgan fingerprint density at radius 3 is 1.97 bits per heavy atom. The number of aliphatic hydroxyl groups excluding tert-OH is 6. The molecule has 1 saturated heterocycles. The number of aliphatic hydroxyl groups is 6. The molecular formula is C45H79N5O12. The fourth-order valence-corrected chi connectivity index (χ4v) is 8.76. The van der Waals surface area contributed by atoms with Gasteiger partial charge in [0.25, 0.3) is 0 Å². The number of rotatable bonds is 27. The van der Waals surface area contributed by atoms with E-state index in [1.807, 2.05) is 58.0 Å². The lowest BCUT2D eigenvalue weighted by atomic mass is 9.89. The summed E-state index contributed by atoms with van der Waals surface area (Å²) in [5.41, 5.74) is 0.978. The number of likely N-dealkylation sites (tertiary alicyclic amines) is 1. The number of carbonyl (C=O) groups excluding carboxylic acids is 4. The SMILES string of the molecule is CCC(C)C(C(CC(=O)N1CCCC1C(OC)C(C)C(=O)NC(CO)Cc1ccccc1)OC)N(C)C(=O)C(NC(=O)C(C(C)C)N(C)CC(O)C(O)C(O)C(O)CO)C(C)C. The van der Waals surface area contributed by atoms with Crippen LogP contribution in [0.15, 0.2) is 30.3 Å². The molecule has 2 rings (SSSR count). The van der Waals surface area contributed by atoms with Crippen LogP contribution >= 0.6 is 0 Å². The molecule has 4 amide bonds. The molecule has 1 aromatic carbocycles. The van der Waals surface area contributed by atoms with E-state index in [2.05, 4.69) is 10.6 Å². The molecule has 1 aromatic rings. The van der Waals surface area contributed by atoms with Crippen LogP contribution in [0.25, 0.3) is 0 Å². The number of nitrogens with one attached hydrogen (secondary N) is 2. The fourth-order valence-electron chi connectivity index (χ4n) is 8.76. The molecule has 13 unspecified atom stereocenters. The van der Waals surface area contributed by atoms with E-state index in [0.717, 1.165) is 5.56 Å². The van der Waals surface area contributed by atoms with Crippen LogP contribution in [0.2, 0.25) is 0 Å². The van der Waals surface area contributed by atoms with Gasteiger partial charge in [0.1, 0.15) is 24.4 Å². The first-order valence-electron chi connectivity index (χ1n) is 22.1. The monoisotopic (exact) mass is 882 g/mol. The first-order chi connectivity index (χ1) is 29.2. The van der Waals surface area contributed by atoms with E-state index in [1.165, 1.54) is 19.1 Å². The lowest BCUT2D eigenvalue weighted by Crippen LogP contribution is -2.60. The Morgan fingerprint density at radius 1 is 0.839 bits per heavy atom. The van der Waals surface area contributed by atoms with Gasteiger partial charge in [0.15, 0.2) is 0 Å². The van der Waals surface area contributed by atoms with Gasteiger partial charge in [-0.2, -0.15) is 0 Å². The summed E-state index contributed by atoms with van der Waals surface area (Å²) >= 11 is 0. The Labute approximate surface area is 369 Å². The molecule has 356 valence electrons. The second kappa shape index (κ2) is 26.5. The second-order valence-electron chi connectivity index (χ2n) is 17.8. The maximum Gasteiger partial charge on any atom is 0.245 e. The van der Waals surface area contributed by atoms with E-state index in [4.69, 9.17) is 14.6 Å². The molecule has 8 N–H and O–H groups in total. The summed E-state index contributed by atoms with van der Waals surface area (Å²) in [4.78, 5) is 61.1. The molecule has 17 nitrogen and oxygen atoms in total. The molecule has 0 saturated carbocycles. The van der Waals surface area contributed by atoms with Crippen molar-refractivity contribution < 1.29 is 59.3 Å². The molecule has 1 fully saturated rings. The predicted octanol–water partition coefficient (Wildman–Crippen LogP) is 0.160. The average molecular weight is 882 g/mol. The quantitative estimate of drug-likeness (QED) is 0.0589. The topological polar surface area (TPSA) is 242 Å². The zero-order chi connectivity index (χ0) is 47.0. The minimum atomic E-state index is -1.82. The van der Waals surface area contributed by atoms with Crippen molar-refractivity contribution in [3.63, 3.8) is 0 Å². The number of ether oxygens (including phenoxy) is 2. The number of benzene rings is 1. The van der Waals surface area contributed by atoms with Gasteiger partial charge in [-0.15, -0.1) is 0 Å². The first-order valence-corrected chi connectivity index (χ1v) is 22.1. The van der Waals surface area contributed by atoms with Crippen LogP contribution in [0, 0.1) is 23.7 Å². The van der Waals surface area contributed by atoms with Gasteiger partial charge in [0, 0.05) is 34.4 Å². The highest BCUT2D eigenvalue weighted by atomic mass is 16.5. The fraction of sp³-hybridized carbons (Fsp3) is 0.778. The van der Waals surface area contributed by atoms with Gasteiger partial charge in [-0.25, -0.2) is 0 Å². The zero-order valence-corrected chi connectivity index (χ0v) is 38.9. The van der Waals surface area contributed by atoms with Crippen molar-refractivity contribution in [1.29, 1.82) is 0 Å². The molecule has 17 heteroatoms. The van der Waals surface area contributed by atoms with Crippen LogP contribution < -0.4 is 10.6 Å². The van der Waals surface area contributed by atoms with E-state index in [0.29, 0.717) is 32.2 Å². The Hall–Kier alpha value is -3.26. The van der Waals surface area contributed by atoms with Gasteiger partial charge < -0.3 is 60.5 Å². The number of likely N-dealkylation sites (N-methyl/N-ethyl adjacent to an activating group) is 2. The number of hydrogen-bond acceptors (Lipinski definition) is 13. The molecule has 0 spiro atoms. The van der Waals surface area contributed by atoms with E-state index in [9.17, 15) is 44.7 Å². The van der Waals surface area contributed by atoms with Gasteiger partial charge in [-0.05, 0) is 49.6 Å². The molecule has 13 atom stereocenters. The minimum absolute atomic E-state index is 0.0581. The van der Waals surface area contributed by atoms with Crippen LogP contribution in [0.4, 0.5) is 0 Å². The Kier molecular flexibility index (Phi) is 23.5. The highest BCUT2D eigenvalue weighted by Gasteiger charge is 2.44. The smallest absolute Gasteiger partial charge is 0.245 e. The number of amides is 4. The Balaban J connectivity index is 2.27. The van der Waals surface area contributed by atoms with Gasteiger partial charge in [-0.1, -0.05) is 85.2 Å². The average Bonchev–Trinajstić information content (AvgIpc) is 3.73. The van der Waals surface area contributed by atoms with Crippen molar-refractivity contribution >= 4 is 23.6 Å². The summed E-state index contributed by atoms with van der Waals surface area (Å²) in [6, 6.07) is 6.23. The largest absolute Gasteiger partial charge is 0.394 e. The zero-order valence-electron chi connectivity index (χ0n) is 38.9. The summed E-state index contributed by atoms with van der Waals surface area (Å²) in [7, 11) is 6.23. The van der Waals surface area contributed by atoms with Gasteiger partial charge in [0.05, 0.1) is 68.0 Å². The highest BCUT2D eigenvalue weighted by Crippen LogP contribution is 2.30. The molecule has 1 heterocycles. The minimum Gasteiger partial charge on any atom is -0.394 e. The number of nitrogens with zero attached hydrogens (tertiary/aromatic N) is 3. The molecular weight excluding hydrogens is 803 g/mol. The van der Waals surface area contributed by atoms with Crippen LogP contribution in [0.5, 0.6) is 0 Å². The third-order valence-electron chi connectivity index (χ3n) is 12.6. The molecule has 62 heavy (non-hydrogen) atoms. The molecule has 0 bridgehead atoms. The lowest BCUT2D eigenvalue weighted by molar-refractivity contribution is -0.148. The van der Waals surface area contributed by atoms with Gasteiger partial charge in [0.2, 0.25) is 23.6 Å². The molecule has 1 aliphatic rings. The van der Waals surface area contributed by atoms with Crippen molar-refractivity contribution in [2.75, 3.05) is 54.6 Å². The van der Waals surface area contributed by atoms with Crippen LogP contribution in [0.3, 0.4) is 0 Å².